The van der Waals surface area contributed by atoms with Crippen LogP contribution in [0.15, 0.2) is 24.3 Å². The quantitative estimate of drug-likeness (QED) is 0.606. The minimum absolute atomic E-state index is 0.195. The fourth-order valence-electron chi connectivity index (χ4n) is 0.890. The molecule has 0 heterocycles. The number of hydrogen-bond acceptors (Lipinski definition) is 2. The Morgan fingerprint density at radius 3 is 2.82 bits per heavy atom. The smallest absolute Gasteiger partial charge is 0.212 e. The van der Waals surface area contributed by atoms with Crippen molar-refractivity contribution in [2.24, 2.45) is 0 Å². The Bertz CT molecular complexity index is 273. The molecule has 0 amide bonds. The van der Waals surface area contributed by atoms with Crippen molar-refractivity contribution in [3.05, 3.63) is 35.4 Å². The van der Waals surface area contributed by atoms with Crippen LogP contribution in [0, 0.1) is 6.92 Å². The second-order valence-electron chi connectivity index (χ2n) is 2.36. The molecule has 0 radical (unpaired) electrons. The van der Waals surface area contributed by atoms with E-state index in [1.165, 1.54) is 11.2 Å². The summed E-state index contributed by atoms with van der Waals surface area (Å²) in [5.74, 6) is 0. The molecule has 0 atom stereocenters. The molecule has 58 valence electrons. The highest BCUT2D eigenvalue weighted by Gasteiger charge is 2.01. The van der Waals surface area contributed by atoms with E-state index in [1.807, 2.05) is 31.2 Å². The Balaban J connectivity index is 2.96. The molecule has 0 aliphatic carbocycles. The summed E-state index contributed by atoms with van der Waals surface area (Å²) in [4.78, 5) is 11.2. The van der Waals surface area contributed by atoms with Crippen LogP contribution in [0.2, 0.25) is 0 Å². The number of benzene rings is 1. The van der Waals surface area contributed by atoms with Crippen molar-refractivity contribution in [3.63, 3.8) is 0 Å². The third-order valence-corrected chi connectivity index (χ3v) is 3.16. The summed E-state index contributed by atoms with van der Waals surface area (Å²) in [6, 6.07) is 7.70. The van der Waals surface area contributed by atoms with Crippen LogP contribution in [0.1, 0.15) is 15.9 Å². The first-order chi connectivity index (χ1) is 5.24. The van der Waals surface area contributed by atoms with Crippen molar-refractivity contribution in [1.29, 1.82) is 0 Å². The molecule has 1 nitrogen and oxygen atoms in total. The maximum Gasteiger partial charge on any atom is 0.212 e. The molecule has 0 N–H and O–H groups in total. The minimum atomic E-state index is 0.195. The molecule has 0 aromatic heterocycles. The SMILES string of the molecule is Cc1cccc(C(=O)S[SiH3])c1. The highest BCUT2D eigenvalue weighted by atomic mass is 32.4. The van der Waals surface area contributed by atoms with Crippen LogP contribution in [0.3, 0.4) is 0 Å². The number of carbonyl (C=O) groups excluding carboxylic acids is 1. The first-order valence-electron chi connectivity index (χ1n) is 3.39. The van der Waals surface area contributed by atoms with E-state index < -0.39 is 0 Å². The van der Waals surface area contributed by atoms with Crippen molar-refractivity contribution in [1.82, 2.24) is 0 Å². The van der Waals surface area contributed by atoms with Gasteiger partial charge in [0.05, 0.1) is 9.39 Å². The van der Waals surface area contributed by atoms with Gasteiger partial charge in [0, 0.05) is 5.56 Å². The molecular formula is C8H10OSSi. The van der Waals surface area contributed by atoms with Gasteiger partial charge in [-0.3, -0.25) is 4.79 Å². The average Bonchev–Trinajstić information content (AvgIpc) is 2.03. The molecule has 0 bridgehead atoms. The van der Waals surface area contributed by atoms with Gasteiger partial charge in [-0.2, -0.15) is 0 Å². The lowest BCUT2D eigenvalue weighted by Crippen LogP contribution is -1.91. The van der Waals surface area contributed by atoms with Gasteiger partial charge in [-0.15, -0.1) is 11.2 Å². The topological polar surface area (TPSA) is 17.1 Å². The van der Waals surface area contributed by atoms with Crippen molar-refractivity contribution in [3.8, 4) is 0 Å². The van der Waals surface area contributed by atoms with Crippen molar-refractivity contribution in [2.75, 3.05) is 0 Å². The van der Waals surface area contributed by atoms with Crippen LogP contribution in [0.5, 0.6) is 0 Å². The van der Waals surface area contributed by atoms with Gasteiger partial charge in [0.1, 0.15) is 0 Å². The fraction of sp³-hybridized carbons (Fsp3) is 0.125. The normalized spacial score (nSPS) is 9.91. The van der Waals surface area contributed by atoms with Crippen LogP contribution in [-0.2, 0) is 0 Å². The summed E-state index contributed by atoms with van der Waals surface area (Å²) >= 11 is 1.39. The Morgan fingerprint density at radius 1 is 1.55 bits per heavy atom. The van der Waals surface area contributed by atoms with Gasteiger partial charge < -0.3 is 0 Å². The highest BCUT2D eigenvalue weighted by Crippen LogP contribution is 2.09. The lowest BCUT2D eigenvalue weighted by Gasteiger charge is -1.97. The number of aryl methyl sites for hydroxylation is 1. The second-order valence-corrected chi connectivity index (χ2v) is 4.36. The fourth-order valence-corrected chi connectivity index (χ4v) is 1.96. The zero-order chi connectivity index (χ0) is 8.27. The van der Waals surface area contributed by atoms with E-state index >= 15 is 0 Å². The first-order valence-corrected chi connectivity index (χ1v) is 7.06. The van der Waals surface area contributed by atoms with Gasteiger partial charge in [-0.05, 0) is 13.0 Å². The molecular weight excluding hydrogens is 172 g/mol. The van der Waals surface area contributed by atoms with E-state index in [0.29, 0.717) is 0 Å². The number of rotatable bonds is 1. The predicted octanol–water partition coefficient (Wildman–Crippen LogP) is 1.15. The molecule has 0 fully saturated rings. The number of carbonyl (C=O) groups is 1. The summed E-state index contributed by atoms with van der Waals surface area (Å²) in [6.45, 7) is 1.99. The lowest BCUT2D eigenvalue weighted by molar-refractivity contribution is 0.109. The van der Waals surface area contributed by atoms with Crippen LogP contribution in [-0.4, -0.2) is 14.5 Å². The van der Waals surface area contributed by atoms with Gasteiger partial charge in [-0.25, -0.2) is 0 Å². The Kier molecular flexibility index (Phi) is 2.90. The predicted molar refractivity (Wildman–Crippen MR) is 53.0 cm³/mol. The molecule has 1 aromatic carbocycles. The molecule has 1 rings (SSSR count). The minimum Gasteiger partial charge on any atom is -0.282 e. The summed E-state index contributed by atoms with van der Waals surface area (Å²) < 4.78 is 0. The van der Waals surface area contributed by atoms with Crippen molar-refractivity contribution >= 4 is 25.7 Å². The van der Waals surface area contributed by atoms with E-state index in [4.69, 9.17) is 0 Å². The van der Waals surface area contributed by atoms with Crippen LogP contribution < -0.4 is 0 Å². The van der Waals surface area contributed by atoms with Crippen LogP contribution in [0.4, 0.5) is 0 Å². The Hall–Kier alpha value is -0.543. The monoisotopic (exact) mass is 182 g/mol. The molecule has 1 aromatic rings. The Labute approximate surface area is 73.3 Å². The molecule has 0 spiro atoms. The summed E-state index contributed by atoms with van der Waals surface area (Å²) in [6.07, 6.45) is 0. The second kappa shape index (κ2) is 3.73. The Morgan fingerprint density at radius 2 is 2.27 bits per heavy atom. The number of hydrogen-bond donors (Lipinski definition) is 0. The van der Waals surface area contributed by atoms with E-state index in [9.17, 15) is 4.79 Å². The van der Waals surface area contributed by atoms with Crippen LogP contribution >= 0.6 is 11.2 Å². The van der Waals surface area contributed by atoms with Gasteiger partial charge >= 0.3 is 0 Å². The molecule has 0 unspecified atom stereocenters. The van der Waals surface area contributed by atoms with Gasteiger partial charge in [-0.1, -0.05) is 23.8 Å². The summed E-state index contributed by atoms with van der Waals surface area (Å²) in [7, 11) is 0.873. The summed E-state index contributed by atoms with van der Waals surface area (Å²) in [5, 5.41) is 0.195. The largest absolute Gasteiger partial charge is 0.282 e. The molecule has 0 aliphatic heterocycles. The zero-order valence-corrected chi connectivity index (χ0v) is 9.44. The molecule has 0 saturated carbocycles. The highest BCUT2D eigenvalue weighted by molar-refractivity contribution is 8.31. The lowest BCUT2D eigenvalue weighted by atomic mass is 10.2. The average molecular weight is 182 g/mol. The third-order valence-electron chi connectivity index (χ3n) is 1.44. The maximum atomic E-state index is 11.2. The van der Waals surface area contributed by atoms with Gasteiger partial charge in [0.15, 0.2) is 0 Å². The molecule has 0 saturated heterocycles. The standard InChI is InChI=1S/C8H10OSSi/c1-6-3-2-4-7(5-6)8(9)10-11/h2-5H,1,11H3. The van der Waals surface area contributed by atoms with Gasteiger partial charge in [0.25, 0.3) is 0 Å². The van der Waals surface area contributed by atoms with E-state index in [0.717, 1.165) is 20.5 Å². The van der Waals surface area contributed by atoms with E-state index in [1.54, 1.807) is 0 Å². The van der Waals surface area contributed by atoms with E-state index in [-0.39, 0.29) is 5.12 Å². The summed E-state index contributed by atoms with van der Waals surface area (Å²) in [5.41, 5.74) is 1.97. The zero-order valence-electron chi connectivity index (χ0n) is 6.63. The third kappa shape index (κ3) is 2.20. The first kappa shape index (κ1) is 8.55. The van der Waals surface area contributed by atoms with Crippen molar-refractivity contribution in [2.45, 2.75) is 6.92 Å². The van der Waals surface area contributed by atoms with Crippen LogP contribution in [0.25, 0.3) is 0 Å². The molecule has 11 heavy (non-hydrogen) atoms. The molecule has 3 heteroatoms. The van der Waals surface area contributed by atoms with E-state index in [2.05, 4.69) is 0 Å². The maximum absolute atomic E-state index is 11.2. The van der Waals surface area contributed by atoms with Gasteiger partial charge in [0.2, 0.25) is 5.12 Å². The van der Waals surface area contributed by atoms with Crippen molar-refractivity contribution < 1.29 is 4.79 Å². The molecule has 0 aliphatic rings.